The fourth-order valence-electron chi connectivity index (χ4n) is 9.71. The van der Waals surface area contributed by atoms with Crippen LogP contribution in [0.3, 0.4) is 0 Å². The van der Waals surface area contributed by atoms with Crippen LogP contribution < -0.4 is 68.2 Å². The number of amides is 1. The summed E-state index contributed by atoms with van der Waals surface area (Å²) in [6.07, 6.45) is -7.35. The number of nitrogens with one attached hydrogen (secondary N) is 1. The van der Waals surface area contributed by atoms with Gasteiger partial charge in [-0.2, -0.15) is 0 Å². The summed E-state index contributed by atoms with van der Waals surface area (Å²) in [7, 11) is 0. The summed E-state index contributed by atoms with van der Waals surface area (Å²) in [5.74, 6) is -5.31. The molecule has 4 aliphatic rings. The summed E-state index contributed by atoms with van der Waals surface area (Å²) >= 11 is -5.11. The molecule has 3 fully saturated rings. The first kappa shape index (κ1) is 49.4. The van der Waals surface area contributed by atoms with E-state index in [0.29, 0.717) is 11.1 Å². The van der Waals surface area contributed by atoms with Crippen molar-refractivity contribution in [3.05, 3.63) is 119 Å². The van der Waals surface area contributed by atoms with Crippen molar-refractivity contribution in [2.24, 2.45) is 16.7 Å². The van der Waals surface area contributed by atoms with Crippen LogP contribution in [0.1, 0.15) is 84.6 Å². The van der Waals surface area contributed by atoms with Gasteiger partial charge in [0.2, 0.25) is 0 Å². The van der Waals surface area contributed by atoms with Gasteiger partial charge < -0.3 is 0 Å². The molecule has 15 nitrogen and oxygen atoms in total. The van der Waals surface area contributed by atoms with Crippen LogP contribution in [0, 0.1) is 16.7 Å². The standard InChI is InChI=1S/C47H51I3NO14/c1-25-31(63-43(59)36(55)35(28-16-10-7-11-17-28)48-51-41(57)29-18-12-8-13-19-29)23-47(60)39(49-65-42(58)30-20-14-9-15-21-30)38-45(6,40(56)37(62-26(2)52)34(25)44(47,4)5)32(54)22-33-46(38,24-61-33)50-64-27(3)53/h7-21,31-33,35-39,54-55,60H,22-24H2,1-6H3,(H,51,57)/q-3/t31-,32-,33+,35?,36+,37+,38+,39?,45+,46-,47+/m0/s1. The first-order valence-corrected chi connectivity index (χ1v) is 27.3. The van der Waals surface area contributed by atoms with E-state index in [1.165, 1.54) is 6.92 Å². The predicted molar refractivity (Wildman–Crippen MR) is 218 cm³/mol. The number of Topliss-reactive ketones (excluding diaryl/α,β-unsaturated/α-hetero) is 1. The van der Waals surface area contributed by atoms with Crippen LogP contribution in [0.25, 0.3) is 0 Å². The molecule has 4 N–H and O–H groups in total. The molecule has 2 unspecified atom stereocenters. The summed E-state index contributed by atoms with van der Waals surface area (Å²) < 4.78 is 30.0. The van der Waals surface area contributed by atoms with Gasteiger partial charge in [-0.05, 0) is 0 Å². The van der Waals surface area contributed by atoms with Crippen molar-refractivity contribution in [3.8, 4) is 0 Å². The summed E-state index contributed by atoms with van der Waals surface area (Å²) in [5.41, 5.74) is -3.72. The molecular weight excluding hydrogens is 1180 g/mol. The molecule has 7 rings (SSSR count). The van der Waals surface area contributed by atoms with Crippen LogP contribution in [0.2, 0.25) is 0 Å². The van der Waals surface area contributed by atoms with Gasteiger partial charge in [0.05, 0.1) is 0 Å². The van der Waals surface area contributed by atoms with Gasteiger partial charge in [-0.1, -0.05) is 0 Å². The Bertz CT molecular complexity index is 2350. The average Bonchev–Trinajstić information content (AvgIpc) is 3.28. The normalized spacial score (nSPS) is 31.1. The van der Waals surface area contributed by atoms with Gasteiger partial charge in [0.25, 0.3) is 0 Å². The van der Waals surface area contributed by atoms with E-state index in [1.54, 1.807) is 119 Å². The molecule has 0 spiro atoms. The number of aliphatic hydroxyl groups excluding tert-OH is 2. The van der Waals surface area contributed by atoms with Gasteiger partial charge in [0, 0.05) is 0 Å². The van der Waals surface area contributed by atoms with E-state index in [4.69, 9.17) is 20.3 Å². The Morgan fingerprint density at radius 1 is 0.846 bits per heavy atom. The molecule has 1 saturated heterocycles. The molecule has 3 aliphatic carbocycles. The summed E-state index contributed by atoms with van der Waals surface area (Å²) in [6.45, 7) is 8.95. The SMILES string of the molecule is CC(=O)O[I-][C@@]12CO[C@@H]1C[C@H](O)[C@@]1(C)C(=O)[C@H](OC(C)=O)C3=C(C)[C@@H](OC(=O)[C@H](O)C([I-]NC(=O)c4ccccc4)c4ccccc4)C[C@@](O)(C([I-]OC(=O)c4ccccc4)[C@@H]21)C3(C)C. The molecule has 3 aromatic carbocycles. The Kier molecular flexibility index (Phi) is 14.9. The third kappa shape index (κ3) is 9.12. The first-order chi connectivity index (χ1) is 30.8. The molecular formula is C47H51I3NO14-3. The van der Waals surface area contributed by atoms with E-state index in [0.717, 1.165) is 6.92 Å². The zero-order valence-corrected chi connectivity index (χ0v) is 42.8. The van der Waals surface area contributed by atoms with E-state index in [-0.39, 0.29) is 42.1 Å². The van der Waals surface area contributed by atoms with Gasteiger partial charge in [-0.25, -0.2) is 0 Å². The minimum atomic E-state index is -2.06. The molecule has 2 bridgehead atoms. The Labute approximate surface area is 409 Å². The van der Waals surface area contributed by atoms with Crippen molar-refractivity contribution >= 4 is 35.6 Å². The fraction of sp³-hybridized carbons (Fsp3) is 0.447. The van der Waals surface area contributed by atoms with Gasteiger partial charge in [0.15, 0.2) is 0 Å². The van der Waals surface area contributed by atoms with E-state index in [9.17, 15) is 39.3 Å². The zero-order valence-electron chi connectivity index (χ0n) is 36.4. The van der Waals surface area contributed by atoms with Gasteiger partial charge in [0.1, 0.15) is 0 Å². The number of aliphatic hydroxyl groups is 3. The number of alkyl halides is 3. The first-order valence-electron chi connectivity index (χ1n) is 20.9. The molecule has 1 heterocycles. The Morgan fingerprint density at radius 3 is 2.02 bits per heavy atom. The van der Waals surface area contributed by atoms with E-state index in [2.05, 4.69) is 3.53 Å². The molecule has 1 amide bonds. The molecule has 65 heavy (non-hydrogen) atoms. The van der Waals surface area contributed by atoms with Gasteiger partial charge in [-0.15, -0.1) is 0 Å². The number of ether oxygens (including phenoxy) is 3. The molecule has 2 saturated carbocycles. The molecule has 352 valence electrons. The van der Waals surface area contributed by atoms with Gasteiger partial charge >= 0.3 is 412 Å². The zero-order chi connectivity index (χ0) is 47.1. The average molecular weight is 1230 g/mol. The number of carbonyl (C=O) groups excluding carboxylic acids is 6. The number of ketones is 1. The second-order valence-electron chi connectivity index (χ2n) is 17.4. The van der Waals surface area contributed by atoms with E-state index in [1.807, 2.05) is 0 Å². The van der Waals surface area contributed by atoms with Crippen molar-refractivity contribution in [1.82, 2.24) is 3.53 Å². The van der Waals surface area contributed by atoms with Crippen molar-refractivity contribution in [2.45, 2.75) is 102 Å². The number of hydrogen-bond donors (Lipinski definition) is 4. The molecule has 0 radical (unpaired) electrons. The van der Waals surface area contributed by atoms with Crippen molar-refractivity contribution < 1.29 is 129 Å². The maximum absolute atomic E-state index is 15.6. The third-order valence-corrected chi connectivity index (χ3v) is 22.4. The Morgan fingerprint density at radius 2 is 1.45 bits per heavy atom. The molecule has 1 aliphatic heterocycles. The van der Waals surface area contributed by atoms with Crippen molar-refractivity contribution in [2.75, 3.05) is 6.61 Å². The van der Waals surface area contributed by atoms with Crippen LogP contribution in [-0.2, 0) is 39.5 Å². The van der Waals surface area contributed by atoms with Crippen LogP contribution in [-0.4, -0.2) is 101 Å². The van der Waals surface area contributed by atoms with Crippen molar-refractivity contribution in [1.29, 1.82) is 0 Å². The molecule has 0 aromatic heterocycles. The number of esters is 2. The summed E-state index contributed by atoms with van der Waals surface area (Å²) in [6, 6.07) is 25.5. The third-order valence-electron chi connectivity index (χ3n) is 13.3. The second-order valence-corrected chi connectivity index (χ2v) is 25.1. The summed E-state index contributed by atoms with van der Waals surface area (Å²) in [4.78, 5) is 82.7. The Hall–Kier alpha value is -3.55. The van der Waals surface area contributed by atoms with Crippen LogP contribution in [0.4, 0.5) is 0 Å². The van der Waals surface area contributed by atoms with E-state index < -0.39 is 159 Å². The molecule has 3 aromatic rings. The predicted octanol–water partition coefficient (Wildman–Crippen LogP) is -5.25. The topological polar surface area (TPSA) is 221 Å². The molecule has 18 heteroatoms. The van der Waals surface area contributed by atoms with Crippen LogP contribution in [0.15, 0.2) is 102 Å². The quantitative estimate of drug-likeness (QED) is 0.0414. The number of rotatable bonds is 13. The monoisotopic (exact) mass is 1230 g/mol. The second kappa shape index (κ2) is 19.6. The molecule has 11 atom stereocenters. The minimum absolute atomic E-state index is 0.00278. The number of hydrogen-bond acceptors (Lipinski definition) is 14. The van der Waals surface area contributed by atoms with E-state index >= 15 is 4.79 Å². The maximum atomic E-state index is 15.6. The van der Waals surface area contributed by atoms with Crippen LogP contribution >= 0.6 is 0 Å². The summed E-state index contributed by atoms with van der Waals surface area (Å²) in [5, 5.41) is 38.0. The number of fused-ring (bicyclic) bond motifs is 5. The number of carbonyl (C=O) groups is 6. The number of halogens is 3. The van der Waals surface area contributed by atoms with Crippen molar-refractivity contribution in [3.63, 3.8) is 0 Å². The Balaban J connectivity index is 1.35. The van der Waals surface area contributed by atoms with Crippen LogP contribution in [0.5, 0.6) is 0 Å². The van der Waals surface area contributed by atoms with Gasteiger partial charge in [-0.3, -0.25) is 0 Å². The number of benzene rings is 3. The fourth-order valence-corrected chi connectivity index (χ4v) is 19.7.